The highest BCUT2D eigenvalue weighted by atomic mass is 79.9. The minimum Gasteiger partial charge on any atom is -0.313 e. The maximum atomic E-state index is 5.38. The van der Waals surface area contributed by atoms with E-state index in [2.05, 4.69) is 58.4 Å². The van der Waals surface area contributed by atoms with Crippen LogP contribution in [-0.2, 0) is 6.42 Å². The average molecular weight is 280 g/mol. The summed E-state index contributed by atoms with van der Waals surface area (Å²) in [5.74, 6) is 2.74. The summed E-state index contributed by atoms with van der Waals surface area (Å²) >= 11 is 3.44. The first-order valence-corrected chi connectivity index (χ1v) is 6.46. The minimum atomic E-state index is 0.395. The van der Waals surface area contributed by atoms with Gasteiger partial charge in [-0.05, 0) is 37.1 Å². The quantitative estimate of drug-likeness (QED) is 0.788. The minimum absolute atomic E-state index is 0.395. The van der Waals surface area contributed by atoms with Gasteiger partial charge in [-0.1, -0.05) is 35.0 Å². The zero-order valence-corrected chi connectivity index (χ0v) is 11.3. The Bertz CT molecular complexity index is 337. The Morgan fingerprint density at radius 3 is 2.62 bits per heavy atom. The second kappa shape index (κ2) is 7.49. The molecule has 1 unspecified atom stereocenters. The molecule has 0 fully saturated rings. The molecule has 0 amide bonds. The van der Waals surface area contributed by atoms with Crippen LogP contribution in [0.2, 0.25) is 0 Å². The highest BCUT2D eigenvalue weighted by Crippen LogP contribution is 2.12. The van der Waals surface area contributed by atoms with E-state index >= 15 is 0 Å². The van der Waals surface area contributed by atoms with Crippen LogP contribution in [0.5, 0.6) is 0 Å². The number of halogens is 1. The molecule has 0 saturated carbocycles. The Morgan fingerprint density at radius 2 is 2.06 bits per heavy atom. The van der Waals surface area contributed by atoms with Crippen molar-refractivity contribution in [1.29, 1.82) is 0 Å². The molecule has 1 atom stereocenters. The zero-order valence-electron chi connectivity index (χ0n) is 9.67. The molecule has 1 N–H and O–H groups in total. The van der Waals surface area contributed by atoms with Crippen LogP contribution in [0, 0.1) is 12.3 Å². The molecule has 0 heterocycles. The molecule has 0 bridgehead atoms. The summed E-state index contributed by atoms with van der Waals surface area (Å²) < 4.78 is 1.12. The Morgan fingerprint density at radius 1 is 1.38 bits per heavy atom. The topological polar surface area (TPSA) is 12.0 Å². The van der Waals surface area contributed by atoms with Crippen molar-refractivity contribution in [3.8, 4) is 12.3 Å². The van der Waals surface area contributed by atoms with Crippen LogP contribution < -0.4 is 5.32 Å². The van der Waals surface area contributed by atoms with Gasteiger partial charge in [0.25, 0.3) is 0 Å². The molecule has 0 aromatic heterocycles. The van der Waals surface area contributed by atoms with Crippen LogP contribution in [0.4, 0.5) is 0 Å². The van der Waals surface area contributed by atoms with E-state index in [1.54, 1.807) is 0 Å². The second-order valence-corrected chi connectivity index (χ2v) is 4.81. The van der Waals surface area contributed by atoms with Crippen molar-refractivity contribution in [2.45, 2.75) is 32.2 Å². The van der Waals surface area contributed by atoms with Gasteiger partial charge in [0.1, 0.15) is 0 Å². The smallest absolute Gasteiger partial charge is 0.0243 e. The lowest BCUT2D eigenvalue weighted by Gasteiger charge is -2.16. The van der Waals surface area contributed by atoms with Gasteiger partial charge >= 0.3 is 0 Å². The van der Waals surface area contributed by atoms with Gasteiger partial charge in [0.05, 0.1) is 0 Å². The molecule has 0 spiro atoms. The largest absolute Gasteiger partial charge is 0.313 e. The molecule has 2 heteroatoms. The highest BCUT2D eigenvalue weighted by Gasteiger charge is 2.06. The molecule has 1 aromatic rings. The second-order valence-electron chi connectivity index (χ2n) is 3.89. The van der Waals surface area contributed by atoms with Gasteiger partial charge in [0, 0.05) is 16.9 Å². The fourth-order valence-corrected chi connectivity index (χ4v) is 1.88. The standard InChI is InChI=1S/C14H18BrN/c1-3-5-14(16-10-4-2)11-12-6-8-13(15)9-7-12/h1,6-9,14,16H,4-5,10-11H2,2H3. The molecular formula is C14H18BrN. The van der Waals surface area contributed by atoms with Crippen LogP contribution in [0.15, 0.2) is 28.7 Å². The molecule has 0 aliphatic carbocycles. The fourth-order valence-electron chi connectivity index (χ4n) is 1.61. The third kappa shape index (κ3) is 4.83. The molecule has 16 heavy (non-hydrogen) atoms. The number of hydrogen-bond donors (Lipinski definition) is 1. The van der Waals surface area contributed by atoms with Crippen molar-refractivity contribution in [2.24, 2.45) is 0 Å². The number of rotatable bonds is 6. The maximum absolute atomic E-state index is 5.38. The van der Waals surface area contributed by atoms with Crippen molar-refractivity contribution >= 4 is 15.9 Å². The first-order chi connectivity index (χ1) is 7.76. The van der Waals surface area contributed by atoms with Gasteiger partial charge in [-0.2, -0.15) is 0 Å². The molecule has 0 aliphatic rings. The monoisotopic (exact) mass is 279 g/mol. The molecule has 1 rings (SSSR count). The molecule has 86 valence electrons. The van der Waals surface area contributed by atoms with E-state index in [0.717, 1.165) is 30.3 Å². The van der Waals surface area contributed by atoms with E-state index in [9.17, 15) is 0 Å². The Kier molecular flexibility index (Phi) is 6.22. The normalized spacial score (nSPS) is 12.1. The van der Waals surface area contributed by atoms with Crippen LogP contribution >= 0.6 is 15.9 Å². The number of terminal acetylenes is 1. The summed E-state index contributed by atoms with van der Waals surface area (Å²) in [6.45, 7) is 3.20. The molecule has 0 radical (unpaired) electrons. The predicted octanol–water partition coefficient (Wildman–Crippen LogP) is 3.38. The zero-order chi connectivity index (χ0) is 11.8. The predicted molar refractivity (Wildman–Crippen MR) is 73.4 cm³/mol. The highest BCUT2D eigenvalue weighted by molar-refractivity contribution is 9.10. The van der Waals surface area contributed by atoms with Gasteiger partial charge in [0.15, 0.2) is 0 Å². The Balaban J connectivity index is 2.53. The van der Waals surface area contributed by atoms with Gasteiger partial charge < -0.3 is 5.32 Å². The van der Waals surface area contributed by atoms with Crippen LogP contribution in [-0.4, -0.2) is 12.6 Å². The van der Waals surface area contributed by atoms with Crippen molar-refractivity contribution in [2.75, 3.05) is 6.54 Å². The van der Waals surface area contributed by atoms with Gasteiger partial charge in [0.2, 0.25) is 0 Å². The van der Waals surface area contributed by atoms with Crippen molar-refractivity contribution in [3.63, 3.8) is 0 Å². The number of nitrogens with one attached hydrogen (secondary N) is 1. The summed E-state index contributed by atoms with van der Waals surface area (Å²) in [5.41, 5.74) is 1.33. The molecule has 1 nitrogen and oxygen atoms in total. The van der Waals surface area contributed by atoms with Gasteiger partial charge in [-0.3, -0.25) is 0 Å². The first-order valence-electron chi connectivity index (χ1n) is 5.67. The summed E-state index contributed by atoms with van der Waals surface area (Å²) in [7, 11) is 0. The Hall–Kier alpha value is -0.780. The fraction of sp³-hybridized carbons (Fsp3) is 0.429. The summed E-state index contributed by atoms with van der Waals surface area (Å²) in [5, 5.41) is 3.48. The third-order valence-electron chi connectivity index (χ3n) is 2.44. The summed E-state index contributed by atoms with van der Waals surface area (Å²) in [6, 6.07) is 8.82. The molecule has 1 aromatic carbocycles. The van der Waals surface area contributed by atoms with Crippen LogP contribution in [0.25, 0.3) is 0 Å². The van der Waals surface area contributed by atoms with E-state index in [1.165, 1.54) is 5.56 Å². The van der Waals surface area contributed by atoms with E-state index < -0.39 is 0 Å². The molecule has 0 aliphatic heterocycles. The lowest BCUT2D eigenvalue weighted by molar-refractivity contribution is 0.517. The SMILES string of the molecule is C#CCC(Cc1ccc(Br)cc1)NCCC. The van der Waals surface area contributed by atoms with E-state index in [0.29, 0.717) is 6.04 Å². The lowest BCUT2D eigenvalue weighted by atomic mass is 10.0. The number of benzene rings is 1. The van der Waals surface area contributed by atoms with Crippen molar-refractivity contribution in [3.05, 3.63) is 34.3 Å². The molecular weight excluding hydrogens is 262 g/mol. The van der Waals surface area contributed by atoms with Gasteiger partial charge in [-0.15, -0.1) is 12.3 Å². The average Bonchev–Trinajstić information content (AvgIpc) is 2.29. The van der Waals surface area contributed by atoms with E-state index in [4.69, 9.17) is 6.42 Å². The van der Waals surface area contributed by atoms with Crippen molar-refractivity contribution in [1.82, 2.24) is 5.32 Å². The van der Waals surface area contributed by atoms with Crippen LogP contribution in [0.3, 0.4) is 0 Å². The first kappa shape index (κ1) is 13.3. The summed E-state index contributed by atoms with van der Waals surface area (Å²) in [6.07, 6.45) is 8.31. The molecule has 0 saturated heterocycles. The van der Waals surface area contributed by atoms with Crippen molar-refractivity contribution < 1.29 is 0 Å². The van der Waals surface area contributed by atoms with Gasteiger partial charge in [-0.25, -0.2) is 0 Å². The third-order valence-corrected chi connectivity index (χ3v) is 2.97. The maximum Gasteiger partial charge on any atom is 0.0243 e. The van der Waals surface area contributed by atoms with E-state index in [-0.39, 0.29) is 0 Å². The Labute approximate surface area is 107 Å². The van der Waals surface area contributed by atoms with E-state index in [1.807, 2.05) is 0 Å². The number of hydrogen-bond acceptors (Lipinski definition) is 1. The van der Waals surface area contributed by atoms with Crippen LogP contribution in [0.1, 0.15) is 25.3 Å². The lowest BCUT2D eigenvalue weighted by Crippen LogP contribution is -2.31. The summed E-state index contributed by atoms with van der Waals surface area (Å²) in [4.78, 5) is 0.